The summed E-state index contributed by atoms with van der Waals surface area (Å²) < 4.78 is 7.68. The largest absolute Gasteiger partial charge is 0.383 e. The molecule has 0 radical (unpaired) electrons. The standard InChI is InChI=1S/C17H25N3O/c1-13(2)17(8-9-18-12-17)16-19-14-6-4-5-7-15(14)20(16)10-11-21-3/h4-7,13,18H,8-12H2,1-3H3. The lowest BCUT2D eigenvalue weighted by Crippen LogP contribution is -2.38. The van der Waals surface area contributed by atoms with Crippen molar-refractivity contribution in [2.24, 2.45) is 5.92 Å². The molecule has 1 fully saturated rings. The maximum atomic E-state index is 5.31. The van der Waals surface area contributed by atoms with Crippen LogP contribution in [0.15, 0.2) is 24.3 Å². The van der Waals surface area contributed by atoms with E-state index in [1.165, 1.54) is 11.3 Å². The highest BCUT2D eigenvalue weighted by molar-refractivity contribution is 5.76. The van der Waals surface area contributed by atoms with Crippen LogP contribution < -0.4 is 5.32 Å². The topological polar surface area (TPSA) is 39.1 Å². The fraction of sp³-hybridized carbons (Fsp3) is 0.588. The molecular formula is C17H25N3O. The number of benzene rings is 1. The summed E-state index contributed by atoms with van der Waals surface area (Å²) >= 11 is 0. The van der Waals surface area contributed by atoms with Gasteiger partial charge >= 0.3 is 0 Å². The van der Waals surface area contributed by atoms with Crippen molar-refractivity contribution in [2.75, 3.05) is 26.8 Å². The first-order valence-corrected chi connectivity index (χ1v) is 7.84. The molecule has 1 unspecified atom stereocenters. The first kappa shape index (κ1) is 14.5. The van der Waals surface area contributed by atoms with Gasteiger partial charge in [0.05, 0.1) is 17.6 Å². The molecular weight excluding hydrogens is 262 g/mol. The van der Waals surface area contributed by atoms with Gasteiger partial charge in [0.2, 0.25) is 0 Å². The lowest BCUT2D eigenvalue weighted by Gasteiger charge is -2.32. The van der Waals surface area contributed by atoms with E-state index in [9.17, 15) is 0 Å². The Balaban J connectivity index is 2.15. The SMILES string of the molecule is COCCn1c(C2(C(C)C)CCNC2)nc2ccccc21. The summed E-state index contributed by atoms with van der Waals surface area (Å²) in [5, 5.41) is 3.54. The molecule has 0 saturated carbocycles. The summed E-state index contributed by atoms with van der Waals surface area (Å²) in [4.78, 5) is 5.01. The van der Waals surface area contributed by atoms with Gasteiger partial charge in [-0.05, 0) is 31.0 Å². The van der Waals surface area contributed by atoms with Crippen molar-refractivity contribution in [3.63, 3.8) is 0 Å². The van der Waals surface area contributed by atoms with Gasteiger partial charge in [-0.15, -0.1) is 0 Å². The highest BCUT2D eigenvalue weighted by Crippen LogP contribution is 2.38. The van der Waals surface area contributed by atoms with Crippen LogP contribution in [0.4, 0.5) is 0 Å². The molecule has 1 atom stereocenters. The van der Waals surface area contributed by atoms with Crippen LogP contribution in [0.2, 0.25) is 0 Å². The Morgan fingerprint density at radius 2 is 2.19 bits per heavy atom. The molecule has 1 aromatic carbocycles. The quantitative estimate of drug-likeness (QED) is 0.918. The number of hydrogen-bond acceptors (Lipinski definition) is 3. The predicted molar refractivity (Wildman–Crippen MR) is 85.6 cm³/mol. The third-order valence-electron chi connectivity index (χ3n) is 4.91. The molecule has 3 rings (SSSR count). The van der Waals surface area contributed by atoms with Crippen LogP contribution in [0.3, 0.4) is 0 Å². The molecule has 0 spiro atoms. The van der Waals surface area contributed by atoms with Gasteiger partial charge in [0.1, 0.15) is 5.82 Å². The minimum absolute atomic E-state index is 0.132. The lowest BCUT2D eigenvalue weighted by atomic mass is 9.75. The van der Waals surface area contributed by atoms with E-state index in [1.54, 1.807) is 7.11 Å². The smallest absolute Gasteiger partial charge is 0.117 e. The van der Waals surface area contributed by atoms with Crippen molar-refractivity contribution in [3.8, 4) is 0 Å². The van der Waals surface area contributed by atoms with E-state index in [0.717, 1.165) is 38.2 Å². The number of methoxy groups -OCH3 is 1. The van der Waals surface area contributed by atoms with Gasteiger partial charge in [-0.3, -0.25) is 0 Å². The zero-order valence-corrected chi connectivity index (χ0v) is 13.2. The zero-order valence-electron chi connectivity index (χ0n) is 13.2. The van der Waals surface area contributed by atoms with E-state index in [1.807, 2.05) is 0 Å². The fourth-order valence-corrected chi connectivity index (χ4v) is 3.52. The highest BCUT2D eigenvalue weighted by Gasteiger charge is 2.42. The van der Waals surface area contributed by atoms with Crippen LogP contribution >= 0.6 is 0 Å². The molecule has 21 heavy (non-hydrogen) atoms. The number of ether oxygens (including phenoxy) is 1. The van der Waals surface area contributed by atoms with Crippen molar-refractivity contribution >= 4 is 11.0 Å². The molecule has 2 heterocycles. The highest BCUT2D eigenvalue weighted by atomic mass is 16.5. The predicted octanol–water partition coefficient (Wildman–Crippen LogP) is 2.57. The molecule has 4 heteroatoms. The molecule has 1 aromatic heterocycles. The third kappa shape index (κ3) is 2.36. The van der Waals surface area contributed by atoms with Crippen LogP contribution in [0.1, 0.15) is 26.1 Å². The Bertz CT molecular complexity index is 612. The van der Waals surface area contributed by atoms with Crippen molar-refractivity contribution in [1.82, 2.24) is 14.9 Å². The minimum atomic E-state index is 0.132. The average Bonchev–Trinajstić information content (AvgIpc) is 3.10. The fourth-order valence-electron chi connectivity index (χ4n) is 3.52. The van der Waals surface area contributed by atoms with Gasteiger partial charge in [-0.1, -0.05) is 26.0 Å². The lowest BCUT2D eigenvalue weighted by molar-refractivity contribution is 0.184. The second-order valence-corrected chi connectivity index (χ2v) is 6.31. The molecule has 0 bridgehead atoms. The summed E-state index contributed by atoms with van der Waals surface area (Å²) in [7, 11) is 1.76. The molecule has 1 aliphatic rings. The molecule has 1 N–H and O–H groups in total. The normalized spacial score (nSPS) is 22.5. The van der Waals surface area contributed by atoms with Gasteiger partial charge in [0.25, 0.3) is 0 Å². The summed E-state index contributed by atoms with van der Waals surface area (Å²) in [5.41, 5.74) is 2.44. The monoisotopic (exact) mass is 287 g/mol. The van der Waals surface area contributed by atoms with Crippen LogP contribution in [-0.2, 0) is 16.7 Å². The molecule has 4 nitrogen and oxygen atoms in total. The number of hydrogen-bond donors (Lipinski definition) is 1. The maximum Gasteiger partial charge on any atom is 0.117 e. The maximum absolute atomic E-state index is 5.31. The Hall–Kier alpha value is -1.39. The summed E-state index contributed by atoms with van der Waals surface area (Å²) in [6, 6.07) is 8.43. The number of fused-ring (bicyclic) bond motifs is 1. The van der Waals surface area contributed by atoms with Crippen molar-refractivity contribution < 1.29 is 4.74 Å². The average molecular weight is 287 g/mol. The van der Waals surface area contributed by atoms with Gasteiger partial charge < -0.3 is 14.6 Å². The van der Waals surface area contributed by atoms with E-state index in [2.05, 4.69) is 48.0 Å². The number of nitrogens with one attached hydrogen (secondary N) is 1. The van der Waals surface area contributed by atoms with E-state index < -0.39 is 0 Å². The second kappa shape index (κ2) is 5.78. The second-order valence-electron chi connectivity index (χ2n) is 6.31. The van der Waals surface area contributed by atoms with Crippen LogP contribution in [0.5, 0.6) is 0 Å². The van der Waals surface area contributed by atoms with Crippen LogP contribution in [0.25, 0.3) is 11.0 Å². The Kier molecular flexibility index (Phi) is 4.00. The number of rotatable bonds is 5. The van der Waals surface area contributed by atoms with Crippen LogP contribution in [0, 0.1) is 5.92 Å². The minimum Gasteiger partial charge on any atom is -0.383 e. The number of nitrogens with zero attached hydrogens (tertiary/aromatic N) is 2. The molecule has 1 aliphatic heterocycles. The summed E-state index contributed by atoms with van der Waals surface area (Å²) in [6.45, 7) is 8.29. The molecule has 114 valence electrons. The van der Waals surface area contributed by atoms with E-state index in [-0.39, 0.29) is 5.41 Å². The molecule has 0 amide bonds. The molecule has 2 aromatic rings. The first-order chi connectivity index (χ1) is 10.2. The van der Waals surface area contributed by atoms with Gasteiger partial charge in [0, 0.05) is 25.6 Å². The van der Waals surface area contributed by atoms with E-state index in [4.69, 9.17) is 9.72 Å². The zero-order chi connectivity index (χ0) is 14.9. The molecule has 0 aliphatic carbocycles. The Labute approximate surface area is 126 Å². The number of para-hydroxylation sites is 2. The Morgan fingerprint density at radius 3 is 2.86 bits per heavy atom. The van der Waals surface area contributed by atoms with Gasteiger partial charge in [0.15, 0.2) is 0 Å². The third-order valence-corrected chi connectivity index (χ3v) is 4.91. The van der Waals surface area contributed by atoms with Crippen molar-refractivity contribution in [2.45, 2.75) is 32.2 Å². The van der Waals surface area contributed by atoms with Crippen molar-refractivity contribution in [3.05, 3.63) is 30.1 Å². The summed E-state index contributed by atoms with van der Waals surface area (Å²) in [5.74, 6) is 1.78. The number of imidazole rings is 1. The van der Waals surface area contributed by atoms with E-state index >= 15 is 0 Å². The Morgan fingerprint density at radius 1 is 1.38 bits per heavy atom. The number of aromatic nitrogens is 2. The summed E-state index contributed by atoms with van der Waals surface area (Å²) in [6.07, 6.45) is 1.15. The first-order valence-electron chi connectivity index (χ1n) is 7.84. The van der Waals surface area contributed by atoms with Crippen molar-refractivity contribution in [1.29, 1.82) is 0 Å². The van der Waals surface area contributed by atoms with Gasteiger partial charge in [-0.25, -0.2) is 4.98 Å². The van der Waals surface area contributed by atoms with E-state index in [0.29, 0.717) is 5.92 Å². The van der Waals surface area contributed by atoms with Crippen LogP contribution in [-0.4, -0.2) is 36.4 Å². The van der Waals surface area contributed by atoms with Gasteiger partial charge in [-0.2, -0.15) is 0 Å². The molecule has 1 saturated heterocycles.